The Hall–Kier alpha value is -1.54. The van der Waals surface area contributed by atoms with Crippen molar-refractivity contribution in [1.82, 2.24) is 4.57 Å². The van der Waals surface area contributed by atoms with Gasteiger partial charge in [-0.2, -0.15) is 0 Å². The number of hydrogen-bond acceptors (Lipinski definition) is 4. The number of aromatic nitrogens is 1. The van der Waals surface area contributed by atoms with E-state index in [-0.39, 0.29) is 21.2 Å². The van der Waals surface area contributed by atoms with Crippen LogP contribution >= 0.6 is 23.2 Å². The maximum Gasteiger partial charge on any atom is 0.263 e. The molecule has 0 atom stereocenters. The van der Waals surface area contributed by atoms with Crippen LogP contribution in [0, 0.1) is 13.8 Å². The van der Waals surface area contributed by atoms with Crippen LogP contribution in [0.5, 0.6) is 0 Å². The maximum atomic E-state index is 12.8. The SMILES string of the molecule is COCCn1cc(NS(=O)(=O)c2c(C)c(Cl)cc(C)c2Cl)ccc1=O. The van der Waals surface area contributed by atoms with Crippen molar-refractivity contribution in [3.8, 4) is 0 Å². The number of hydrogen-bond donors (Lipinski definition) is 1. The molecule has 1 aromatic heterocycles. The minimum atomic E-state index is -3.98. The average molecular weight is 405 g/mol. The van der Waals surface area contributed by atoms with Gasteiger partial charge >= 0.3 is 0 Å². The van der Waals surface area contributed by atoms with E-state index in [0.717, 1.165) is 0 Å². The highest BCUT2D eigenvalue weighted by Gasteiger charge is 2.24. The number of nitrogens with zero attached hydrogens (tertiary/aromatic N) is 1. The molecule has 0 amide bonds. The fourth-order valence-electron chi connectivity index (χ4n) is 2.30. The Bertz CT molecular complexity index is 929. The fraction of sp³-hybridized carbons (Fsp3) is 0.312. The molecule has 0 aliphatic carbocycles. The van der Waals surface area contributed by atoms with E-state index in [4.69, 9.17) is 27.9 Å². The van der Waals surface area contributed by atoms with Crippen molar-refractivity contribution < 1.29 is 13.2 Å². The number of aryl methyl sites for hydroxylation is 1. The van der Waals surface area contributed by atoms with Crippen molar-refractivity contribution in [2.75, 3.05) is 18.4 Å². The molecule has 0 saturated carbocycles. The first-order valence-electron chi connectivity index (χ1n) is 7.35. The maximum absolute atomic E-state index is 12.8. The normalized spacial score (nSPS) is 11.6. The molecule has 1 aromatic carbocycles. The summed E-state index contributed by atoms with van der Waals surface area (Å²) < 4.78 is 34.3. The van der Waals surface area contributed by atoms with Crippen molar-refractivity contribution in [1.29, 1.82) is 0 Å². The lowest BCUT2D eigenvalue weighted by atomic mass is 10.2. The van der Waals surface area contributed by atoms with Crippen LogP contribution in [-0.4, -0.2) is 26.7 Å². The Morgan fingerprint density at radius 3 is 2.56 bits per heavy atom. The van der Waals surface area contributed by atoms with Crippen LogP contribution in [0.15, 0.2) is 34.1 Å². The fourth-order valence-corrected chi connectivity index (χ4v) is 4.55. The van der Waals surface area contributed by atoms with Crippen LogP contribution in [0.4, 0.5) is 5.69 Å². The summed E-state index contributed by atoms with van der Waals surface area (Å²) in [5.74, 6) is 0. The van der Waals surface area contributed by atoms with E-state index in [1.807, 2.05) is 0 Å². The van der Waals surface area contributed by atoms with Gasteiger partial charge in [0.05, 0.1) is 17.3 Å². The van der Waals surface area contributed by atoms with E-state index >= 15 is 0 Å². The first-order chi connectivity index (χ1) is 11.7. The summed E-state index contributed by atoms with van der Waals surface area (Å²) in [6.45, 7) is 3.90. The Labute approximate surface area is 156 Å². The van der Waals surface area contributed by atoms with Gasteiger partial charge in [-0.15, -0.1) is 0 Å². The van der Waals surface area contributed by atoms with Gasteiger partial charge in [-0.1, -0.05) is 23.2 Å². The summed E-state index contributed by atoms with van der Waals surface area (Å²) in [7, 11) is -2.47. The molecule has 2 aromatic rings. The summed E-state index contributed by atoms with van der Waals surface area (Å²) in [4.78, 5) is 11.7. The van der Waals surface area contributed by atoms with E-state index in [0.29, 0.717) is 29.3 Å². The van der Waals surface area contributed by atoms with Crippen LogP contribution in [0.3, 0.4) is 0 Å². The van der Waals surface area contributed by atoms with Crippen LogP contribution < -0.4 is 10.3 Å². The summed E-state index contributed by atoms with van der Waals surface area (Å²) >= 11 is 12.3. The number of nitrogens with one attached hydrogen (secondary N) is 1. The van der Waals surface area contributed by atoms with Crippen LogP contribution in [-0.2, 0) is 21.3 Å². The summed E-state index contributed by atoms with van der Waals surface area (Å²) in [5.41, 5.74) is 0.900. The standard InChI is InChI=1S/C16H18Cl2N2O4S/c1-10-8-13(17)11(2)16(15(10)18)25(22,23)19-12-4-5-14(21)20(9-12)6-7-24-3/h4-5,8-9,19H,6-7H2,1-3H3. The van der Waals surface area contributed by atoms with E-state index in [1.165, 1.54) is 30.0 Å². The highest BCUT2D eigenvalue weighted by molar-refractivity contribution is 7.93. The lowest BCUT2D eigenvalue weighted by Crippen LogP contribution is -2.23. The number of rotatable bonds is 6. The first kappa shape index (κ1) is 19.8. The molecule has 0 fully saturated rings. The van der Waals surface area contributed by atoms with Crippen LogP contribution in [0.25, 0.3) is 0 Å². The molecule has 2 rings (SSSR count). The number of halogens is 2. The molecule has 0 bridgehead atoms. The van der Waals surface area contributed by atoms with Gasteiger partial charge in [-0.3, -0.25) is 9.52 Å². The third-order valence-electron chi connectivity index (χ3n) is 3.63. The second kappa shape index (κ2) is 7.78. The van der Waals surface area contributed by atoms with Gasteiger partial charge in [0.25, 0.3) is 15.6 Å². The van der Waals surface area contributed by atoms with Crippen molar-refractivity contribution in [2.45, 2.75) is 25.3 Å². The Morgan fingerprint density at radius 2 is 1.92 bits per heavy atom. The molecule has 0 unspecified atom stereocenters. The third kappa shape index (κ3) is 4.36. The molecule has 0 saturated heterocycles. The number of benzene rings is 1. The second-order valence-electron chi connectivity index (χ2n) is 5.49. The lowest BCUT2D eigenvalue weighted by molar-refractivity contribution is 0.186. The van der Waals surface area contributed by atoms with Gasteiger partial charge in [0.15, 0.2) is 0 Å². The molecule has 0 spiro atoms. The minimum Gasteiger partial charge on any atom is -0.383 e. The van der Waals surface area contributed by atoms with Crippen LogP contribution in [0.1, 0.15) is 11.1 Å². The molecule has 0 aliphatic rings. The highest BCUT2D eigenvalue weighted by Crippen LogP contribution is 2.34. The molecule has 6 nitrogen and oxygen atoms in total. The van der Waals surface area contributed by atoms with E-state index < -0.39 is 10.0 Å². The molecule has 0 radical (unpaired) electrons. The van der Waals surface area contributed by atoms with Gasteiger partial charge in [-0.05, 0) is 37.1 Å². The van der Waals surface area contributed by atoms with E-state index in [9.17, 15) is 13.2 Å². The van der Waals surface area contributed by atoms with E-state index in [1.54, 1.807) is 19.9 Å². The van der Waals surface area contributed by atoms with Crippen molar-refractivity contribution in [2.24, 2.45) is 0 Å². The van der Waals surface area contributed by atoms with Crippen LogP contribution in [0.2, 0.25) is 10.0 Å². The predicted octanol–water partition coefficient (Wildman–Crippen LogP) is 3.22. The molecular weight excluding hydrogens is 387 g/mol. The highest BCUT2D eigenvalue weighted by atomic mass is 35.5. The van der Waals surface area contributed by atoms with E-state index in [2.05, 4.69) is 4.72 Å². The number of ether oxygens (including phenoxy) is 1. The molecule has 0 aliphatic heterocycles. The third-order valence-corrected chi connectivity index (χ3v) is 6.17. The monoisotopic (exact) mass is 404 g/mol. The zero-order valence-electron chi connectivity index (χ0n) is 14.0. The Morgan fingerprint density at radius 1 is 1.24 bits per heavy atom. The summed E-state index contributed by atoms with van der Waals surface area (Å²) in [6.07, 6.45) is 1.42. The Kier molecular flexibility index (Phi) is 6.16. The number of methoxy groups -OCH3 is 1. The van der Waals surface area contributed by atoms with Gasteiger partial charge in [0.1, 0.15) is 4.90 Å². The van der Waals surface area contributed by atoms with Crippen molar-refractivity contribution in [3.05, 3.63) is 55.9 Å². The lowest BCUT2D eigenvalue weighted by Gasteiger charge is -2.15. The Balaban J connectivity index is 2.45. The molecule has 9 heteroatoms. The molecular formula is C16H18Cl2N2O4S. The zero-order chi connectivity index (χ0) is 18.8. The van der Waals surface area contributed by atoms with Gasteiger partial charge in [0.2, 0.25) is 0 Å². The average Bonchev–Trinajstić information content (AvgIpc) is 2.53. The molecule has 1 N–H and O–H groups in total. The predicted molar refractivity (Wildman–Crippen MR) is 99.3 cm³/mol. The quantitative estimate of drug-likeness (QED) is 0.801. The molecule has 1 heterocycles. The summed E-state index contributed by atoms with van der Waals surface area (Å²) in [6, 6.07) is 4.29. The van der Waals surface area contributed by atoms with Crippen molar-refractivity contribution in [3.63, 3.8) is 0 Å². The smallest absolute Gasteiger partial charge is 0.263 e. The minimum absolute atomic E-state index is 0.0752. The topological polar surface area (TPSA) is 77.4 Å². The summed E-state index contributed by atoms with van der Waals surface area (Å²) in [5, 5.41) is 0.425. The van der Waals surface area contributed by atoms with Gasteiger partial charge in [-0.25, -0.2) is 8.42 Å². The number of sulfonamides is 1. The second-order valence-corrected chi connectivity index (χ2v) is 7.90. The van der Waals surface area contributed by atoms with Crippen molar-refractivity contribution >= 4 is 38.9 Å². The molecule has 136 valence electrons. The number of pyridine rings is 1. The van der Waals surface area contributed by atoms with Gasteiger partial charge in [0, 0.05) is 30.9 Å². The first-order valence-corrected chi connectivity index (χ1v) is 9.58. The molecule has 25 heavy (non-hydrogen) atoms. The number of anilines is 1. The zero-order valence-corrected chi connectivity index (χ0v) is 16.3. The van der Waals surface area contributed by atoms with Gasteiger partial charge < -0.3 is 9.30 Å². The largest absolute Gasteiger partial charge is 0.383 e.